The lowest BCUT2D eigenvalue weighted by atomic mass is 10.0. The molecule has 1 aromatic heterocycles. The van der Waals surface area contributed by atoms with Crippen molar-refractivity contribution in [3.63, 3.8) is 0 Å². The van der Waals surface area contributed by atoms with Gasteiger partial charge in [-0.15, -0.1) is 0 Å². The van der Waals surface area contributed by atoms with E-state index in [-0.39, 0.29) is 12.0 Å². The number of esters is 1. The summed E-state index contributed by atoms with van der Waals surface area (Å²) < 4.78 is 6.79. The molecule has 0 saturated carbocycles. The highest BCUT2D eigenvalue weighted by Gasteiger charge is 2.22. The smallest absolute Gasteiger partial charge is 0.307 e. The van der Waals surface area contributed by atoms with Gasteiger partial charge in [-0.3, -0.25) is 4.79 Å². The highest BCUT2D eigenvalue weighted by Crippen LogP contribution is 2.25. The predicted octanol–water partition coefficient (Wildman–Crippen LogP) is 1.08. The van der Waals surface area contributed by atoms with Gasteiger partial charge in [-0.1, -0.05) is 0 Å². The standard InChI is InChI=1S/C12H19N3O2/c1-9(5-12(16)17-2)15-8-14-7-11(15)10-3-4-13-6-10/h7-10,13H,3-6H2,1-2H3. The average Bonchev–Trinajstić information content (AvgIpc) is 2.98. The van der Waals surface area contributed by atoms with E-state index in [1.54, 1.807) is 6.33 Å². The molecule has 1 aliphatic heterocycles. The Hall–Kier alpha value is -1.36. The van der Waals surface area contributed by atoms with E-state index in [9.17, 15) is 4.79 Å². The van der Waals surface area contributed by atoms with E-state index >= 15 is 0 Å². The maximum absolute atomic E-state index is 11.3. The number of rotatable bonds is 4. The van der Waals surface area contributed by atoms with Gasteiger partial charge in [0.05, 0.1) is 19.9 Å². The van der Waals surface area contributed by atoms with Crippen molar-refractivity contribution < 1.29 is 9.53 Å². The SMILES string of the molecule is COC(=O)CC(C)n1cncc1C1CCNC1. The molecule has 0 bridgehead atoms. The Morgan fingerprint density at radius 1 is 1.76 bits per heavy atom. The Morgan fingerprint density at radius 2 is 2.59 bits per heavy atom. The first-order chi connectivity index (χ1) is 8.22. The summed E-state index contributed by atoms with van der Waals surface area (Å²) in [5.74, 6) is 0.333. The monoisotopic (exact) mass is 237 g/mol. The van der Waals surface area contributed by atoms with Gasteiger partial charge in [0.1, 0.15) is 0 Å². The lowest BCUT2D eigenvalue weighted by Gasteiger charge is -2.18. The van der Waals surface area contributed by atoms with Gasteiger partial charge in [-0.25, -0.2) is 4.98 Å². The van der Waals surface area contributed by atoms with E-state index in [0.29, 0.717) is 12.3 Å². The Kier molecular flexibility index (Phi) is 3.78. The number of ether oxygens (including phenoxy) is 1. The van der Waals surface area contributed by atoms with Crippen LogP contribution >= 0.6 is 0 Å². The zero-order chi connectivity index (χ0) is 12.3. The number of nitrogens with one attached hydrogen (secondary N) is 1. The van der Waals surface area contributed by atoms with Crippen molar-refractivity contribution in [2.45, 2.75) is 31.7 Å². The van der Waals surface area contributed by atoms with Crippen LogP contribution in [0.4, 0.5) is 0 Å². The summed E-state index contributed by atoms with van der Waals surface area (Å²) in [6.45, 7) is 4.07. The molecule has 0 radical (unpaired) electrons. The van der Waals surface area contributed by atoms with Crippen molar-refractivity contribution in [3.8, 4) is 0 Å². The fraction of sp³-hybridized carbons (Fsp3) is 0.667. The highest BCUT2D eigenvalue weighted by atomic mass is 16.5. The molecule has 2 heterocycles. The number of hydrogen-bond donors (Lipinski definition) is 1. The van der Waals surface area contributed by atoms with Crippen LogP contribution in [0, 0.1) is 0 Å². The first kappa shape index (κ1) is 12.1. The van der Waals surface area contributed by atoms with E-state index in [1.165, 1.54) is 12.8 Å². The third kappa shape index (κ3) is 2.66. The molecule has 5 nitrogen and oxygen atoms in total. The topological polar surface area (TPSA) is 56.2 Å². The zero-order valence-corrected chi connectivity index (χ0v) is 10.3. The minimum absolute atomic E-state index is 0.0977. The molecule has 0 aromatic carbocycles. The Morgan fingerprint density at radius 3 is 3.24 bits per heavy atom. The summed E-state index contributed by atoms with van der Waals surface area (Å²) in [7, 11) is 1.42. The van der Waals surface area contributed by atoms with Gasteiger partial charge in [-0.05, 0) is 19.9 Å². The molecule has 0 amide bonds. The van der Waals surface area contributed by atoms with Gasteiger partial charge >= 0.3 is 5.97 Å². The molecule has 1 aromatic rings. The summed E-state index contributed by atoms with van der Waals surface area (Å²) in [6, 6.07) is 0.0977. The average molecular weight is 237 g/mol. The molecule has 2 unspecified atom stereocenters. The first-order valence-corrected chi connectivity index (χ1v) is 6.01. The van der Waals surface area contributed by atoms with Crippen LogP contribution in [0.25, 0.3) is 0 Å². The number of carbonyl (C=O) groups is 1. The molecule has 1 N–H and O–H groups in total. The number of aromatic nitrogens is 2. The third-order valence-electron chi connectivity index (χ3n) is 3.34. The number of carbonyl (C=O) groups excluding carboxylic acids is 1. The first-order valence-electron chi connectivity index (χ1n) is 6.01. The van der Waals surface area contributed by atoms with Crippen LogP contribution in [-0.4, -0.2) is 35.7 Å². The Bertz CT molecular complexity index is 383. The zero-order valence-electron chi connectivity index (χ0n) is 10.3. The fourth-order valence-corrected chi connectivity index (χ4v) is 2.33. The molecular formula is C12H19N3O2. The van der Waals surface area contributed by atoms with E-state index in [4.69, 9.17) is 4.74 Å². The summed E-state index contributed by atoms with van der Waals surface area (Å²) in [4.78, 5) is 15.5. The van der Waals surface area contributed by atoms with Crippen LogP contribution in [-0.2, 0) is 9.53 Å². The van der Waals surface area contributed by atoms with Gasteiger partial charge in [0.2, 0.25) is 0 Å². The molecule has 0 spiro atoms. The van der Waals surface area contributed by atoms with Gasteiger partial charge < -0.3 is 14.6 Å². The van der Waals surface area contributed by atoms with Crippen LogP contribution in [0.2, 0.25) is 0 Å². The van der Waals surface area contributed by atoms with Crippen molar-refractivity contribution in [2.24, 2.45) is 0 Å². The molecule has 1 aliphatic rings. The third-order valence-corrected chi connectivity index (χ3v) is 3.34. The van der Waals surface area contributed by atoms with Crippen LogP contribution in [0.15, 0.2) is 12.5 Å². The largest absolute Gasteiger partial charge is 0.469 e. The molecule has 0 aliphatic carbocycles. The highest BCUT2D eigenvalue weighted by molar-refractivity contribution is 5.69. The number of imidazole rings is 1. The fourth-order valence-electron chi connectivity index (χ4n) is 2.33. The summed E-state index contributed by atoms with van der Waals surface area (Å²) in [6.07, 6.45) is 5.24. The van der Waals surface area contributed by atoms with E-state index in [0.717, 1.165) is 19.5 Å². The molecule has 2 atom stereocenters. The Labute approximate surface area is 101 Å². The lowest BCUT2D eigenvalue weighted by Crippen LogP contribution is -2.16. The molecule has 1 fully saturated rings. The predicted molar refractivity (Wildman–Crippen MR) is 63.8 cm³/mol. The summed E-state index contributed by atoms with van der Waals surface area (Å²) in [5, 5.41) is 3.35. The number of methoxy groups -OCH3 is 1. The minimum atomic E-state index is -0.179. The van der Waals surface area contributed by atoms with Gasteiger partial charge in [0, 0.05) is 30.4 Å². The van der Waals surface area contributed by atoms with Crippen LogP contribution in [0.1, 0.15) is 37.4 Å². The van der Waals surface area contributed by atoms with Crippen molar-refractivity contribution in [1.29, 1.82) is 0 Å². The maximum atomic E-state index is 11.3. The molecule has 5 heteroatoms. The Balaban J connectivity index is 2.09. The second kappa shape index (κ2) is 5.31. The van der Waals surface area contributed by atoms with Crippen molar-refractivity contribution in [1.82, 2.24) is 14.9 Å². The number of hydrogen-bond acceptors (Lipinski definition) is 4. The molecular weight excluding hydrogens is 218 g/mol. The van der Waals surface area contributed by atoms with E-state index in [1.807, 2.05) is 13.1 Å². The van der Waals surface area contributed by atoms with Crippen LogP contribution in [0.5, 0.6) is 0 Å². The molecule has 1 saturated heterocycles. The van der Waals surface area contributed by atoms with Gasteiger partial charge in [0.15, 0.2) is 0 Å². The van der Waals surface area contributed by atoms with Gasteiger partial charge in [0.25, 0.3) is 0 Å². The molecule has 2 rings (SSSR count). The minimum Gasteiger partial charge on any atom is -0.469 e. The van der Waals surface area contributed by atoms with Crippen LogP contribution < -0.4 is 5.32 Å². The van der Waals surface area contributed by atoms with Crippen LogP contribution in [0.3, 0.4) is 0 Å². The summed E-state index contributed by atoms with van der Waals surface area (Å²) in [5.41, 5.74) is 1.21. The maximum Gasteiger partial charge on any atom is 0.307 e. The lowest BCUT2D eigenvalue weighted by molar-refractivity contribution is -0.141. The van der Waals surface area contributed by atoms with Gasteiger partial charge in [-0.2, -0.15) is 0 Å². The van der Waals surface area contributed by atoms with Crippen molar-refractivity contribution >= 4 is 5.97 Å². The second-order valence-corrected chi connectivity index (χ2v) is 4.54. The van der Waals surface area contributed by atoms with E-state index in [2.05, 4.69) is 14.9 Å². The normalized spacial score (nSPS) is 21.4. The summed E-state index contributed by atoms with van der Waals surface area (Å²) >= 11 is 0. The molecule has 94 valence electrons. The van der Waals surface area contributed by atoms with E-state index < -0.39 is 0 Å². The number of nitrogens with zero attached hydrogens (tertiary/aromatic N) is 2. The quantitative estimate of drug-likeness (QED) is 0.796. The van der Waals surface area contributed by atoms with Crippen molar-refractivity contribution in [3.05, 3.63) is 18.2 Å². The molecule has 17 heavy (non-hydrogen) atoms. The second-order valence-electron chi connectivity index (χ2n) is 4.54. The van der Waals surface area contributed by atoms with Crippen molar-refractivity contribution in [2.75, 3.05) is 20.2 Å².